The van der Waals surface area contributed by atoms with Crippen molar-refractivity contribution in [3.8, 4) is 0 Å². The number of amides is 1. The highest BCUT2D eigenvalue weighted by molar-refractivity contribution is 6.34. The molecule has 0 saturated carbocycles. The van der Waals surface area contributed by atoms with Gasteiger partial charge in [0.1, 0.15) is 0 Å². The Labute approximate surface area is 162 Å². The van der Waals surface area contributed by atoms with E-state index in [1.807, 2.05) is 54.6 Å². The number of nitrogens with two attached hydrogens (primary N) is 1. The normalized spacial score (nSPS) is 14.3. The third kappa shape index (κ3) is 3.46. The molecule has 5 nitrogen and oxygen atoms in total. The summed E-state index contributed by atoms with van der Waals surface area (Å²) in [7, 11) is 0. The molecule has 4 N–H and O–H groups in total. The summed E-state index contributed by atoms with van der Waals surface area (Å²) in [6.45, 7) is 0. The van der Waals surface area contributed by atoms with Gasteiger partial charge >= 0.3 is 0 Å². The molecule has 0 saturated heterocycles. The molecule has 0 spiro atoms. The van der Waals surface area contributed by atoms with Gasteiger partial charge in [-0.25, -0.2) is 0 Å². The summed E-state index contributed by atoms with van der Waals surface area (Å²) in [5, 5.41) is 11.1. The lowest BCUT2D eigenvalue weighted by atomic mass is 10.0. The summed E-state index contributed by atoms with van der Waals surface area (Å²) in [4.78, 5) is 16.3. The van der Waals surface area contributed by atoms with Crippen molar-refractivity contribution in [2.75, 3.05) is 11.1 Å². The van der Waals surface area contributed by atoms with Gasteiger partial charge in [0.05, 0.1) is 5.71 Å². The second kappa shape index (κ2) is 7.32. The van der Waals surface area contributed by atoms with Crippen LogP contribution in [0.3, 0.4) is 0 Å². The molecule has 0 atom stereocenters. The number of anilines is 2. The zero-order chi connectivity index (χ0) is 19.5. The Bertz CT molecular complexity index is 1130. The van der Waals surface area contributed by atoms with Crippen LogP contribution in [0.1, 0.15) is 22.3 Å². The van der Waals surface area contributed by atoms with Crippen LogP contribution in [-0.2, 0) is 4.79 Å². The molecule has 4 rings (SSSR count). The van der Waals surface area contributed by atoms with Gasteiger partial charge in [0.25, 0.3) is 5.91 Å². The maximum atomic E-state index is 12.3. The minimum absolute atomic E-state index is 0.129. The van der Waals surface area contributed by atoms with E-state index in [9.17, 15) is 4.79 Å². The highest BCUT2D eigenvalue weighted by Crippen LogP contribution is 2.33. The number of nitrogens with one attached hydrogen (secondary N) is 2. The van der Waals surface area contributed by atoms with Crippen LogP contribution in [0.2, 0.25) is 0 Å². The largest absolute Gasteiger partial charge is 0.398 e. The molecule has 1 aliphatic rings. The zero-order valence-electron chi connectivity index (χ0n) is 15.0. The monoisotopic (exact) mass is 366 g/mol. The number of benzene rings is 2. The molecule has 0 unspecified atom stereocenters. The number of pyridine rings is 1. The van der Waals surface area contributed by atoms with Gasteiger partial charge in [0.15, 0.2) is 0 Å². The maximum absolute atomic E-state index is 12.3. The highest BCUT2D eigenvalue weighted by Gasteiger charge is 2.23. The Balaban J connectivity index is 1.59. The van der Waals surface area contributed by atoms with Gasteiger partial charge in [-0.2, -0.15) is 0 Å². The fourth-order valence-corrected chi connectivity index (χ4v) is 3.11. The van der Waals surface area contributed by atoms with Gasteiger partial charge in [-0.3, -0.25) is 9.78 Å². The first-order valence-electron chi connectivity index (χ1n) is 8.81. The van der Waals surface area contributed by atoms with E-state index >= 15 is 0 Å². The highest BCUT2D eigenvalue weighted by atomic mass is 16.2. The van der Waals surface area contributed by atoms with Crippen LogP contribution in [0, 0.1) is 5.41 Å². The Hall–Kier alpha value is -3.99. The number of aromatic nitrogens is 1. The molecule has 5 heteroatoms. The van der Waals surface area contributed by atoms with Gasteiger partial charge in [-0.15, -0.1) is 0 Å². The predicted octanol–water partition coefficient (Wildman–Crippen LogP) is 4.24. The standard InChI is InChI=1S/C23H18N4O/c24-20(10-8-15-4-3-11-26-14-15)18-9-7-16(13-21(18)25)12-19-17-5-1-2-6-22(17)27-23(19)28/h1-14,24H,25H2,(H,27,28)/b10-8+,19-12+,24-20?. The first kappa shape index (κ1) is 17.4. The Morgan fingerprint density at radius 1 is 1.07 bits per heavy atom. The first-order chi connectivity index (χ1) is 13.6. The smallest absolute Gasteiger partial charge is 0.256 e. The molecule has 28 heavy (non-hydrogen) atoms. The number of nitrogen functional groups attached to an aromatic ring is 1. The van der Waals surface area contributed by atoms with E-state index in [0.717, 1.165) is 22.4 Å². The van der Waals surface area contributed by atoms with E-state index < -0.39 is 0 Å². The van der Waals surface area contributed by atoms with Crippen LogP contribution < -0.4 is 11.1 Å². The molecular weight excluding hydrogens is 348 g/mol. The van der Waals surface area contributed by atoms with Crippen LogP contribution in [0.4, 0.5) is 11.4 Å². The van der Waals surface area contributed by atoms with Crippen molar-refractivity contribution in [2.45, 2.75) is 0 Å². The van der Waals surface area contributed by atoms with Gasteiger partial charge in [0.2, 0.25) is 0 Å². The van der Waals surface area contributed by atoms with Crippen LogP contribution in [0.5, 0.6) is 0 Å². The predicted molar refractivity (Wildman–Crippen MR) is 114 cm³/mol. The summed E-state index contributed by atoms with van der Waals surface area (Å²) in [6, 6.07) is 16.8. The van der Waals surface area contributed by atoms with Crippen molar-refractivity contribution in [1.29, 1.82) is 5.41 Å². The lowest BCUT2D eigenvalue weighted by Gasteiger charge is -2.06. The Morgan fingerprint density at radius 2 is 1.93 bits per heavy atom. The zero-order valence-corrected chi connectivity index (χ0v) is 15.0. The molecule has 136 valence electrons. The summed E-state index contributed by atoms with van der Waals surface area (Å²) in [5.41, 5.74) is 11.6. The summed E-state index contributed by atoms with van der Waals surface area (Å²) in [6.07, 6.45) is 8.77. The van der Waals surface area contributed by atoms with Crippen molar-refractivity contribution in [1.82, 2.24) is 4.98 Å². The van der Waals surface area contributed by atoms with Crippen LogP contribution in [-0.4, -0.2) is 16.6 Å². The van der Waals surface area contributed by atoms with E-state index in [1.54, 1.807) is 30.6 Å². The number of carbonyl (C=O) groups is 1. The number of para-hydroxylation sites is 1. The third-order valence-corrected chi connectivity index (χ3v) is 4.51. The molecule has 1 aliphatic heterocycles. The number of hydrogen-bond donors (Lipinski definition) is 3. The molecule has 1 aromatic heterocycles. The molecule has 0 aliphatic carbocycles. The quantitative estimate of drug-likeness (QED) is 0.366. The van der Waals surface area contributed by atoms with Crippen molar-refractivity contribution in [3.63, 3.8) is 0 Å². The fourth-order valence-electron chi connectivity index (χ4n) is 3.11. The van der Waals surface area contributed by atoms with Crippen LogP contribution >= 0.6 is 0 Å². The number of allylic oxidation sites excluding steroid dienone is 1. The Kier molecular flexibility index (Phi) is 4.56. The number of nitrogens with zero attached hydrogens (tertiary/aromatic N) is 1. The Morgan fingerprint density at radius 3 is 2.71 bits per heavy atom. The van der Waals surface area contributed by atoms with Crippen molar-refractivity contribution < 1.29 is 4.79 Å². The van der Waals surface area contributed by atoms with E-state index in [2.05, 4.69) is 10.3 Å². The van der Waals surface area contributed by atoms with Crippen molar-refractivity contribution >= 4 is 40.7 Å². The maximum Gasteiger partial charge on any atom is 0.256 e. The van der Waals surface area contributed by atoms with Crippen LogP contribution in [0.15, 0.2) is 73.1 Å². The van der Waals surface area contributed by atoms with E-state index in [1.165, 1.54) is 0 Å². The third-order valence-electron chi connectivity index (χ3n) is 4.51. The number of fused-ring (bicyclic) bond motifs is 1. The minimum Gasteiger partial charge on any atom is -0.398 e. The molecular formula is C23H18N4O. The first-order valence-corrected chi connectivity index (χ1v) is 8.81. The molecule has 0 fully saturated rings. The minimum atomic E-state index is -0.129. The van der Waals surface area contributed by atoms with Gasteiger partial charge < -0.3 is 16.5 Å². The second-order valence-electron chi connectivity index (χ2n) is 6.44. The van der Waals surface area contributed by atoms with Gasteiger partial charge in [0, 0.05) is 40.5 Å². The fraction of sp³-hybridized carbons (Fsp3) is 0. The average Bonchev–Trinajstić information content (AvgIpc) is 3.02. The number of hydrogen-bond acceptors (Lipinski definition) is 4. The van der Waals surface area contributed by atoms with Crippen molar-refractivity contribution in [3.05, 3.63) is 95.3 Å². The van der Waals surface area contributed by atoms with E-state index in [4.69, 9.17) is 11.1 Å². The molecule has 3 aromatic rings. The molecule has 2 aromatic carbocycles. The number of rotatable bonds is 4. The van der Waals surface area contributed by atoms with E-state index in [0.29, 0.717) is 22.5 Å². The summed E-state index contributed by atoms with van der Waals surface area (Å²) < 4.78 is 0. The average molecular weight is 366 g/mol. The van der Waals surface area contributed by atoms with Crippen molar-refractivity contribution in [2.24, 2.45) is 0 Å². The molecule has 0 radical (unpaired) electrons. The number of carbonyl (C=O) groups excluding carboxylic acids is 1. The van der Waals surface area contributed by atoms with Gasteiger partial charge in [-0.1, -0.05) is 42.5 Å². The second-order valence-corrected chi connectivity index (χ2v) is 6.44. The summed E-state index contributed by atoms with van der Waals surface area (Å²) in [5.74, 6) is -0.129. The van der Waals surface area contributed by atoms with Gasteiger partial charge in [-0.05, 0) is 41.5 Å². The SMILES string of the molecule is N=C(/C=C/c1cccnc1)c1ccc(/C=C2/C(=O)Nc3ccccc32)cc1N. The molecule has 2 heterocycles. The lowest BCUT2D eigenvalue weighted by Crippen LogP contribution is -2.04. The lowest BCUT2D eigenvalue weighted by molar-refractivity contribution is -0.110. The van der Waals surface area contributed by atoms with Crippen LogP contribution in [0.25, 0.3) is 17.7 Å². The van der Waals surface area contributed by atoms with E-state index in [-0.39, 0.29) is 5.91 Å². The summed E-state index contributed by atoms with van der Waals surface area (Å²) >= 11 is 0. The molecule has 1 amide bonds. The molecule has 0 bridgehead atoms. The topological polar surface area (TPSA) is 91.9 Å².